The summed E-state index contributed by atoms with van der Waals surface area (Å²) < 4.78 is 28.4. The van der Waals surface area contributed by atoms with E-state index in [1.807, 2.05) is 6.07 Å². The van der Waals surface area contributed by atoms with Crippen LogP contribution in [-0.4, -0.2) is 45.6 Å². The summed E-state index contributed by atoms with van der Waals surface area (Å²) in [6.07, 6.45) is 7.53. The van der Waals surface area contributed by atoms with Gasteiger partial charge in [0.1, 0.15) is 0 Å². The fourth-order valence-corrected chi connectivity index (χ4v) is 4.30. The highest BCUT2D eigenvalue weighted by Crippen LogP contribution is 2.24. The summed E-state index contributed by atoms with van der Waals surface area (Å²) in [4.78, 5) is 3.98. The van der Waals surface area contributed by atoms with Crippen LogP contribution >= 0.6 is 0 Å². The number of aryl methyl sites for hydroxylation is 1. The van der Waals surface area contributed by atoms with Gasteiger partial charge in [0.2, 0.25) is 0 Å². The fraction of sp³-hybridized carbons (Fsp3) is 0.538. The summed E-state index contributed by atoms with van der Waals surface area (Å²) >= 11 is 0. The van der Waals surface area contributed by atoms with Crippen molar-refractivity contribution >= 4 is 10.0 Å². The maximum Gasteiger partial charge on any atom is 0.262 e. The van der Waals surface area contributed by atoms with Crippen molar-refractivity contribution in [1.29, 1.82) is 0 Å². The average molecular weight is 309 g/mol. The quantitative estimate of drug-likeness (QED) is 0.905. The Morgan fingerprint density at radius 3 is 3.00 bits per heavy atom. The summed E-state index contributed by atoms with van der Waals surface area (Å²) in [5, 5.41) is 7.01. The second-order valence-corrected chi connectivity index (χ2v) is 7.42. The molecule has 0 bridgehead atoms. The molecule has 3 rings (SSSR count). The molecule has 8 heteroatoms. The molecule has 1 saturated heterocycles. The number of aromatic nitrogens is 4. The first kappa shape index (κ1) is 14.3. The molecule has 2 aromatic heterocycles. The molecule has 1 aliphatic heterocycles. The van der Waals surface area contributed by atoms with Crippen LogP contribution in [0.1, 0.15) is 18.5 Å². The number of sulfonamides is 1. The number of nitrogens with zero attached hydrogens (tertiary/aromatic N) is 4. The van der Waals surface area contributed by atoms with E-state index in [1.54, 1.807) is 28.3 Å². The lowest BCUT2D eigenvalue weighted by molar-refractivity contribution is 0.263. The minimum atomic E-state index is -3.48. The monoisotopic (exact) mass is 309 g/mol. The smallest absolute Gasteiger partial charge is 0.262 e. The van der Waals surface area contributed by atoms with Crippen molar-refractivity contribution in [2.24, 2.45) is 13.0 Å². The van der Waals surface area contributed by atoms with Crippen LogP contribution in [0.15, 0.2) is 29.8 Å². The zero-order valence-electron chi connectivity index (χ0n) is 11.9. The van der Waals surface area contributed by atoms with Crippen molar-refractivity contribution in [2.75, 3.05) is 13.1 Å². The van der Waals surface area contributed by atoms with E-state index in [0.29, 0.717) is 19.0 Å². The first-order valence-corrected chi connectivity index (χ1v) is 8.46. The van der Waals surface area contributed by atoms with Gasteiger partial charge in [-0.25, -0.2) is 13.4 Å². The molecule has 0 aliphatic carbocycles. The Kier molecular flexibility index (Phi) is 3.81. The Labute approximate surface area is 124 Å². The Morgan fingerprint density at radius 2 is 2.33 bits per heavy atom. The van der Waals surface area contributed by atoms with E-state index in [1.165, 1.54) is 6.33 Å². The van der Waals surface area contributed by atoms with Gasteiger partial charge in [0.25, 0.3) is 10.0 Å². The number of imidazole rings is 1. The van der Waals surface area contributed by atoms with E-state index in [9.17, 15) is 8.42 Å². The average Bonchev–Trinajstić information content (AvgIpc) is 3.11. The van der Waals surface area contributed by atoms with Gasteiger partial charge in [-0.2, -0.15) is 9.40 Å². The molecule has 1 N–H and O–H groups in total. The minimum absolute atomic E-state index is 0.132. The molecule has 0 amide bonds. The molecule has 0 saturated carbocycles. The van der Waals surface area contributed by atoms with Gasteiger partial charge in [0.15, 0.2) is 5.03 Å². The number of hydrogen-bond donors (Lipinski definition) is 1. The summed E-state index contributed by atoms with van der Waals surface area (Å²) in [6.45, 7) is 1.11. The second kappa shape index (κ2) is 5.61. The van der Waals surface area contributed by atoms with Crippen molar-refractivity contribution in [2.45, 2.75) is 24.3 Å². The lowest BCUT2D eigenvalue weighted by Crippen LogP contribution is -2.40. The molecule has 1 fully saturated rings. The van der Waals surface area contributed by atoms with E-state index in [-0.39, 0.29) is 5.03 Å². The van der Waals surface area contributed by atoms with Gasteiger partial charge < -0.3 is 4.57 Å². The van der Waals surface area contributed by atoms with E-state index < -0.39 is 10.0 Å². The lowest BCUT2D eigenvalue weighted by Gasteiger charge is -2.31. The summed E-state index contributed by atoms with van der Waals surface area (Å²) in [5.74, 6) is 0.317. The van der Waals surface area contributed by atoms with Gasteiger partial charge in [-0.3, -0.25) is 5.10 Å². The van der Waals surface area contributed by atoms with Gasteiger partial charge in [0.05, 0.1) is 6.33 Å². The van der Waals surface area contributed by atoms with Gasteiger partial charge in [-0.1, -0.05) is 0 Å². The van der Waals surface area contributed by atoms with Crippen molar-refractivity contribution in [1.82, 2.24) is 24.1 Å². The molecule has 1 aliphatic rings. The van der Waals surface area contributed by atoms with E-state index in [0.717, 1.165) is 25.0 Å². The highest BCUT2D eigenvalue weighted by atomic mass is 32.2. The molecule has 7 nitrogen and oxygen atoms in total. The van der Waals surface area contributed by atoms with Crippen molar-refractivity contribution in [3.8, 4) is 0 Å². The third kappa shape index (κ3) is 3.01. The summed E-state index contributed by atoms with van der Waals surface area (Å²) in [7, 11) is -1.71. The molecular weight excluding hydrogens is 290 g/mol. The van der Waals surface area contributed by atoms with E-state index >= 15 is 0 Å². The van der Waals surface area contributed by atoms with Crippen LogP contribution in [-0.2, 0) is 23.5 Å². The fourth-order valence-electron chi connectivity index (χ4n) is 2.78. The Balaban J connectivity index is 1.73. The number of H-pyrrole nitrogens is 1. The first-order valence-electron chi connectivity index (χ1n) is 7.02. The number of hydrogen-bond acceptors (Lipinski definition) is 4. The molecule has 3 heterocycles. The van der Waals surface area contributed by atoms with E-state index in [4.69, 9.17) is 0 Å². The second-order valence-electron chi connectivity index (χ2n) is 5.53. The lowest BCUT2D eigenvalue weighted by atomic mass is 9.95. The Hall–Kier alpha value is -1.67. The molecule has 0 radical (unpaired) electrons. The Morgan fingerprint density at radius 1 is 1.48 bits per heavy atom. The number of aromatic amines is 1. The molecule has 114 valence electrons. The van der Waals surface area contributed by atoms with Crippen LogP contribution in [0.4, 0.5) is 0 Å². The zero-order chi connectivity index (χ0) is 14.9. The number of piperidine rings is 1. The van der Waals surface area contributed by atoms with Gasteiger partial charge in [-0.05, 0) is 31.2 Å². The molecule has 1 unspecified atom stereocenters. The third-order valence-corrected chi connectivity index (χ3v) is 5.58. The largest absolute Gasteiger partial charge is 0.339 e. The van der Waals surface area contributed by atoms with Gasteiger partial charge in [0, 0.05) is 38.2 Å². The topological polar surface area (TPSA) is 83.9 Å². The summed E-state index contributed by atoms with van der Waals surface area (Å²) in [5.41, 5.74) is 1.05. The van der Waals surface area contributed by atoms with E-state index in [2.05, 4.69) is 15.2 Å². The zero-order valence-corrected chi connectivity index (χ0v) is 12.8. The third-order valence-electron chi connectivity index (χ3n) is 3.83. The van der Waals surface area contributed by atoms with Crippen molar-refractivity contribution in [3.05, 3.63) is 30.5 Å². The molecule has 1 atom stereocenters. The van der Waals surface area contributed by atoms with Crippen molar-refractivity contribution in [3.63, 3.8) is 0 Å². The molecular formula is C13H19N5O2S. The maximum atomic E-state index is 12.6. The minimum Gasteiger partial charge on any atom is -0.339 e. The van der Waals surface area contributed by atoms with Crippen LogP contribution in [0.2, 0.25) is 0 Å². The summed E-state index contributed by atoms with van der Waals surface area (Å²) in [6, 6.07) is 1.94. The predicted octanol–water partition coefficient (Wildman–Crippen LogP) is 0.787. The predicted molar refractivity (Wildman–Crippen MR) is 77.0 cm³/mol. The van der Waals surface area contributed by atoms with Gasteiger partial charge in [-0.15, -0.1) is 0 Å². The van der Waals surface area contributed by atoms with Crippen LogP contribution in [0.5, 0.6) is 0 Å². The van der Waals surface area contributed by atoms with Crippen LogP contribution in [0.3, 0.4) is 0 Å². The van der Waals surface area contributed by atoms with Crippen LogP contribution in [0, 0.1) is 5.92 Å². The Bertz CT molecular complexity index is 692. The molecule has 0 aromatic carbocycles. The molecule has 0 spiro atoms. The highest BCUT2D eigenvalue weighted by Gasteiger charge is 2.31. The van der Waals surface area contributed by atoms with Crippen molar-refractivity contribution < 1.29 is 8.42 Å². The number of nitrogens with one attached hydrogen (secondary N) is 1. The maximum absolute atomic E-state index is 12.6. The number of rotatable bonds is 4. The van der Waals surface area contributed by atoms with Gasteiger partial charge >= 0.3 is 0 Å². The first-order chi connectivity index (χ1) is 10.1. The van der Waals surface area contributed by atoms with Crippen LogP contribution < -0.4 is 0 Å². The normalized spacial score (nSPS) is 20.7. The standard InChI is InChI=1S/C13H19N5O2S/c1-17-9-13(14-10-17)21(19,20)18-6-2-3-11(8-18)7-12-4-5-15-16-12/h4-5,9-11H,2-3,6-8H2,1H3,(H,15,16). The molecule has 21 heavy (non-hydrogen) atoms. The SMILES string of the molecule is Cn1cnc(S(=O)(=O)N2CCCC(Cc3ccn[nH]3)C2)c1. The van der Waals surface area contributed by atoms with Crippen LogP contribution in [0.25, 0.3) is 0 Å². The highest BCUT2D eigenvalue weighted by molar-refractivity contribution is 7.89. The molecule has 2 aromatic rings.